The van der Waals surface area contributed by atoms with Crippen LogP contribution in [0, 0.1) is 0 Å². The van der Waals surface area contributed by atoms with Crippen molar-refractivity contribution in [3.63, 3.8) is 0 Å². The van der Waals surface area contributed by atoms with Crippen molar-refractivity contribution in [1.29, 1.82) is 0 Å². The molecule has 1 unspecified atom stereocenters. The van der Waals surface area contributed by atoms with E-state index in [-0.39, 0.29) is 0 Å². The van der Waals surface area contributed by atoms with E-state index >= 15 is 0 Å². The maximum atomic E-state index is 11.2. The van der Waals surface area contributed by atoms with Gasteiger partial charge in [0.2, 0.25) is 0 Å². The average Bonchev–Trinajstić information content (AvgIpc) is 2.29. The highest BCUT2D eigenvalue weighted by Crippen LogP contribution is 2.07. The van der Waals surface area contributed by atoms with Crippen molar-refractivity contribution in [3.8, 4) is 0 Å². The lowest BCUT2D eigenvalue weighted by Gasteiger charge is -2.04. The van der Waals surface area contributed by atoms with Crippen LogP contribution in [0.4, 0.5) is 0 Å². The summed E-state index contributed by atoms with van der Waals surface area (Å²) < 4.78 is 11.2. The topological polar surface area (TPSA) is 29.1 Å². The molecule has 0 spiro atoms. The second-order valence-electron chi connectivity index (χ2n) is 3.63. The molecule has 1 aromatic carbocycles. The molecule has 1 aromatic rings. The number of hydrogen-bond acceptors (Lipinski definition) is 2. The van der Waals surface area contributed by atoms with Gasteiger partial charge in [-0.05, 0) is 37.6 Å². The second-order valence-corrected chi connectivity index (χ2v) is 5.01. The molecular formula is C13H19NOS. The van der Waals surface area contributed by atoms with Crippen molar-refractivity contribution in [3.05, 3.63) is 42.0 Å². The van der Waals surface area contributed by atoms with Gasteiger partial charge >= 0.3 is 0 Å². The Bertz CT molecular complexity index is 357. The molecule has 3 heteroatoms. The normalized spacial score (nSPS) is 13.1. The first-order chi connectivity index (χ1) is 7.74. The fourth-order valence-electron chi connectivity index (χ4n) is 1.38. The SMILES string of the molecule is C/C=C/CCNCc1ccc(S(C)=O)cc1. The molecule has 1 rings (SSSR count). The Kier molecular flexibility index (Phi) is 6.04. The minimum absolute atomic E-state index is 0.869. The van der Waals surface area contributed by atoms with Gasteiger partial charge in [0, 0.05) is 28.5 Å². The smallest absolute Gasteiger partial charge is 0.0498 e. The van der Waals surface area contributed by atoms with E-state index in [1.165, 1.54) is 5.56 Å². The number of nitrogens with one attached hydrogen (secondary N) is 1. The largest absolute Gasteiger partial charge is 0.312 e. The van der Waals surface area contributed by atoms with Gasteiger partial charge in [-0.2, -0.15) is 0 Å². The van der Waals surface area contributed by atoms with Gasteiger partial charge < -0.3 is 5.32 Å². The lowest BCUT2D eigenvalue weighted by Crippen LogP contribution is -2.13. The van der Waals surface area contributed by atoms with E-state index in [0.717, 1.165) is 24.4 Å². The fraction of sp³-hybridized carbons (Fsp3) is 0.385. The van der Waals surface area contributed by atoms with E-state index in [4.69, 9.17) is 0 Å². The molecule has 0 radical (unpaired) electrons. The Labute approximate surface area is 100 Å². The molecule has 0 saturated carbocycles. The zero-order valence-electron chi connectivity index (χ0n) is 9.90. The van der Waals surface area contributed by atoms with E-state index < -0.39 is 10.8 Å². The summed E-state index contributed by atoms with van der Waals surface area (Å²) in [7, 11) is -0.877. The Morgan fingerprint density at radius 1 is 1.31 bits per heavy atom. The van der Waals surface area contributed by atoms with E-state index in [2.05, 4.69) is 17.5 Å². The molecule has 0 heterocycles. The molecule has 0 fully saturated rings. The third-order valence-electron chi connectivity index (χ3n) is 2.31. The average molecular weight is 237 g/mol. The molecule has 0 aliphatic carbocycles. The van der Waals surface area contributed by atoms with Gasteiger partial charge in [-0.25, -0.2) is 0 Å². The number of rotatable bonds is 6. The van der Waals surface area contributed by atoms with Gasteiger partial charge in [0.15, 0.2) is 0 Å². The first kappa shape index (κ1) is 13.1. The van der Waals surface area contributed by atoms with Crippen molar-refractivity contribution in [2.24, 2.45) is 0 Å². The Balaban J connectivity index is 2.35. The third-order valence-corrected chi connectivity index (χ3v) is 3.24. The maximum absolute atomic E-state index is 11.2. The van der Waals surface area contributed by atoms with Crippen molar-refractivity contribution in [1.82, 2.24) is 5.32 Å². The van der Waals surface area contributed by atoms with Crippen LogP contribution >= 0.6 is 0 Å². The predicted molar refractivity (Wildman–Crippen MR) is 69.9 cm³/mol. The van der Waals surface area contributed by atoms with E-state index in [9.17, 15) is 4.21 Å². The van der Waals surface area contributed by atoms with Crippen LogP contribution in [-0.2, 0) is 17.3 Å². The number of hydrogen-bond donors (Lipinski definition) is 1. The standard InChI is InChI=1S/C13H19NOS/c1-3-4-5-10-14-11-12-6-8-13(9-7-12)16(2)15/h3-4,6-9,14H,5,10-11H2,1-2H3/b4-3+. The maximum Gasteiger partial charge on any atom is 0.0498 e. The molecule has 0 aromatic heterocycles. The molecule has 1 atom stereocenters. The van der Waals surface area contributed by atoms with E-state index in [1.54, 1.807) is 6.26 Å². The van der Waals surface area contributed by atoms with Crippen LogP contribution in [0.25, 0.3) is 0 Å². The van der Waals surface area contributed by atoms with Crippen LogP contribution in [-0.4, -0.2) is 17.0 Å². The van der Waals surface area contributed by atoms with Gasteiger partial charge in [0.05, 0.1) is 0 Å². The summed E-state index contributed by atoms with van der Waals surface area (Å²) in [5, 5.41) is 3.36. The van der Waals surface area contributed by atoms with Gasteiger partial charge in [-0.3, -0.25) is 4.21 Å². The summed E-state index contributed by atoms with van der Waals surface area (Å²) in [5.74, 6) is 0. The highest BCUT2D eigenvalue weighted by molar-refractivity contribution is 7.84. The van der Waals surface area contributed by atoms with Gasteiger partial charge in [-0.1, -0.05) is 24.3 Å². The molecule has 2 nitrogen and oxygen atoms in total. The minimum atomic E-state index is -0.877. The van der Waals surface area contributed by atoms with Crippen LogP contribution in [0.15, 0.2) is 41.3 Å². The minimum Gasteiger partial charge on any atom is -0.312 e. The Morgan fingerprint density at radius 2 is 2.00 bits per heavy atom. The summed E-state index contributed by atoms with van der Waals surface area (Å²) >= 11 is 0. The lowest BCUT2D eigenvalue weighted by atomic mass is 10.2. The first-order valence-electron chi connectivity index (χ1n) is 5.48. The molecule has 16 heavy (non-hydrogen) atoms. The Morgan fingerprint density at radius 3 is 2.56 bits per heavy atom. The van der Waals surface area contributed by atoms with Crippen LogP contribution in [0.2, 0.25) is 0 Å². The van der Waals surface area contributed by atoms with Gasteiger partial charge in [0.25, 0.3) is 0 Å². The predicted octanol–water partition coefficient (Wildman–Crippen LogP) is 2.48. The molecular weight excluding hydrogens is 218 g/mol. The highest BCUT2D eigenvalue weighted by Gasteiger charge is 1.97. The zero-order chi connectivity index (χ0) is 11.8. The zero-order valence-corrected chi connectivity index (χ0v) is 10.7. The van der Waals surface area contributed by atoms with Crippen molar-refractivity contribution in [2.45, 2.75) is 24.8 Å². The number of benzene rings is 1. The summed E-state index contributed by atoms with van der Waals surface area (Å²) in [4.78, 5) is 0.887. The molecule has 0 saturated heterocycles. The van der Waals surface area contributed by atoms with E-state index in [0.29, 0.717) is 0 Å². The Hall–Kier alpha value is -0.930. The number of allylic oxidation sites excluding steroid dienone is 1. The highest BCUT2D eigenvalue weighted by atomic mass is 32.2. The van der Waals surface area contributed by atoms with Crippen LogP contribution in [0.5, 0.6) is 0 Å². The summed E-state index contributed by atoms with van der Waals surface area (Å²) in [6.45, 7) is 3.89. The van der Waals surface area contributed by atoms with Crippen LogP contribution < -0.4 is 5.32 Å². The van der Waals surface area contributed by atoms with Gasteiger partial charge in [-0.15, -0.1) is 0 Å². The van der Waals surface area contributed by atoms with Crippen molar-refractivity contribution >= 4 is 10.8 Å². The fourth-order valence-corrected chi connectivity index (χ4v) is 1.90. The molecule has 88 valence electrons. The summed E-state index contributed by atoms with van der Waals surface area (Å²) in [6.07, 6.45) is 6.97. The second kappa shape index (κ2) is 7.36. The summed E-state index contributed by atoms with van der Waals surface area (Å²) in [5.41, 5.74) is 1.23. The van der Waals surface area contributed by atoms with Crippen molar-refractivity contribution < 1.29 is 4.21 Å². The molecule has 1 N–H and O–H groups in total. The van der Waals surface area contributed by atoms with Crippen LogP contribution in [0.1, 0.15) is 18.9 Å². The van der Waals surface area contributed by atoms with Gasteiger partial charge in [0.1, 0.15) is 0 Å². The lowest BCUT2D eigenvalue weighted by molar-refractivity contribution is 0.686. The molecule has 0 bridgehead atoms. The molecule has 0 aliphatic heterocycles. The quantitative estimate of drug-likeness (QED) is 0.608. The third kappa shape index (κ3) is 4.73. The van der Waals surface area contributed by atoms with Crippen molar-refractivity contribution in [2.75, 3.05) is 12.8 Å². The molecule has 0 aliphatic rings. The molecule has 0 amide bonds. The van der Waals surface area contributed by atoms with Crippen LogP contribution in [0.3, 0.4) is 0 Å². The first-order valence-corrected chi connectivity index (χ1v) is 7.04. The monoisotopic (exact) mass is 237 g/mol. The summed E-state index contributed by atoms with van der Waals surface area (Å²) in [6, 6.07) is 7.91. The van der Waals surface area contributed by atoms with E-state index in [1.807, 2.05) is 31.2 Å².